The SMILES string of the molecule is O=C(c1ccc(-c2ccc3c(c2)OCCO3)s1)N1CCC(OCc2ccccc2)CC1. The van der Waals surface area contributed by atoms with Crippen LogP contribution >= 0.6 is 11.3 Å². The lowest BCUT2D eigenvalue weighted by Crippen LogP contribution is -2.40. The van der Waals surface area contributed by atoms with Gasteiger partial charge in [0.05, 0.1) is 17.6 Å². The van der Waals surface area contributed by atoms with E-state index in [4.69, 9.17) is 14.2 Å². The maximum absolute atomic E-state index is 13.0. The van der Waals surface area contributed by atoms with Gasteiger partial charge in [-0.2, -0.15) is 0 Å². The summed E-state index contributed by atoms with van der Waals surface area (Å²) in [6.07, 6.45) is 1.96. The van der Waals surface area contributed by atoms with Crippen LogP contribution in [0.5, 0.6) is 11.5 Å². The average molecular weight is 436 g/mol. The Morgan fingerprint density at radius 3 is 2.55 bits per heavy atom. The Kier molecular flexibility index (Phi) is 5.91. The van der Waals surface area contributed by atoms with Crippen LogP contribution in [0.1, 0.15) is 28.1 Å². The Bertz CT molecular complexity index is 1040. The summed E-state index contributed by atoms with van der Waals surface area (Å²) in [6, 6.07) is 20.1. The third-order valence-electron chi connectivity index (χ3n) is 5.70. The highest BCUT2D eigenvalue weighted by Gasteiger charge is 2.25. The maximum atomic E-state index is 13.0. The van der Waals surface area contributed by atoms with E-state index in [9.17, 15) is 4.79 Å². The molecule has 0 aliphatic carbocycles. The first-order valence-corrected chi connectivity index (χ1v) is 11.5. The molecule has 2 aliphatic heterocycles. The summed E-state index contributed by atoms with van der Waals surface area (Å²) in [6.45, 7) is 3.24. The number of carbonyl (C=O) groups is 1. The maximum Gasteiger partial charge on any atom is 0.263 e. The van der Waals surface area contributed by atoms with Gasteiger partial charge in [0.15, 0.2) is 11.5 Å². The monoisotopic (exact) mass is 435 g/mol. The molecule has 0 spiro atoms. The van der Waals surface area contributed by atoms with Crippen LogP contribution in [0.2, 0.25) is 0 Å². The second kappa shape index (κ2) is 9.12. The molecule has 1 saturated heterocycles. The Morgan fingerprint density at radius 1 is 0.968 bits per heavy atom. The van der Waals surface area contributed by atoms with Crippen molar-refractivity contribution in [1.29, 1.82) is 0 Å². The molecule has 1 fully saturated rings. The minimum Gasteiger partial charge on any atom is -0.486 e. The predicted octanol–water partition coefficient (Wildman–Crippen LogP) is 5.01. The van der Waals surface area contributed by atoms with Gasteiger partial charge in [-0.05, 0) is 54.3 Å². The molecule has 0 radical (unpaired) electrons. The van der Waals surface area contributed by atoms with Crippen molar-refractivity contribution in [2.75, 3.05) is 26.3 Å². The first kappa shape index (κ1) is 20.1. The quantitative estimate of drug-likeness (QED) is 0.565. The molecular weight excluding hydrogens is 410 g/mol. The summed E-state index contributed by atoms with van der Waals surface area (Å²) in [5, 5.41) is 0. The number of benzene rings is 2. The molecule has 0 unspecified atom stereocenters. The van der Waals surface area contributed by atoms with Crippen LogP contribution in [0, 0.1) is 0 Å². The molecule has 1 aromatic heterocycles. The number of piperidine rings is 1. The molecule has 2 aliphatic rings. The van der Waals surface area contributed by atoms with Crippen molar-refractivity contribution in [3.8, 4) is 21.9 Å². The lowest BCUT2D eigenvalue weighted by atomic mass is 10.1. The summed E-state index contributed by atoms with van der Waals surface area (Å²) in [4.78, 5) is 16.8. The molecule has 0 saturated carbocycles. The van der Waals surface area contributed by atoms with Crippen molar-refractivity contribution in [2.24, 2.45) is 0 Å². The van der Waals surface area contributed by atoms with E-state index in [1.54, 1.807) is 0 Å². The van der Waals surface area contributed by atoms with Crippen LogP contribution in [0.15, 0.2) is 60.7 Å². The van der Waals surface area contributed by atoms with E-state index in [2.05, 4.69) is 12.1 Å². The van der Waals surface area contributed by atoms with Crippen molar-refractivity contribution in [3.05, 3.63) is 71.1 Å². The smallest absolute Gasteiger partial charge is 0.263 e. The standard InChI is InChI=1S/C25H25NO4S/c27-25(26-12-10-20(11-13-26)30-17-18-4-2-1-3-5-18)24-9-8-23(31-24)19-6-7-21-22(16-19)29-15-14-28-21/h1-9,16,20H,10-15,17H2. The van der Waals surface area contributed by atoms with E-state index in [1.165, 1.54) is 16.9 Å². The van der Waals surface area contributed by atoms with Crippen molar-refractivity contribution in [2.45, 2.75) is 25.6 Å². The van der Waals surface area contributed by atoms with Crippen molar-refractivity contribution < 1.29 is 19.0 Å². The molecule has 1 amide bonds. The fraction of sp³-hybridized carbons (Fsp3) is 0.320. The zero-order chi connectivity index (χ0) is 21.0. The van der Waals surface area contributed by atoms with Crippen LogP contribution < -0.4 is 9.47 Å². The molecule has 3 aromatic rings. The third-order valence-corrected chi connectivity index (χ3v) is 6.82. The van der Waals surface area contributed by atoms with E-state index in [0.717, 1.165) is 52.7 Å². The van der Waals surface area contributed by atoms with E-state index < -0.39 is 0 Å². The highest BCUT2D eigenvalue weighted by atomic mass is 32.1. The minimum absolute atomic E-state index is 0.107. The molecule has 5 rings (SSSR count). The largest absolute Gasteiger partial charge is 0.486 e. The van der Waals surface area contributed by atoms with Crippen LogP contribution in [-0.4, -0.2) is 43.2 Å². The number of nitrogens with zero attached hydrogens (tertiary/aromatic N) is 1. The van der Waals surface area contributed by atoms with Crippen molar-refractivity contribution in [1.82, 2.24) is 4.90 Å². The summed E-state index contributed by atoms with van der Waals surface area (Å²) in [7, 11) is 0. The van der Waals surface area contributed by atoms with Crippen LogP contribution in [-0.2, 0) is 11.3 Å². The van der Waals surface area contributed by atoms with Crippen LogP contribution in [0.25, 0.3) is 10.4 Å². The molecule has 5 nitrogen and oxygen atoms in total. The predicted molar refractivity (Wildman–Crippen MR) is 121 cm³/mol. The number of amides is 1. The first-order chi connectivity index (χ1) is 15.3. The van der Waals surface area contributed by atoms with Crippen molar-refractivity contribution >= 4 is 17.2 Å². The number of thiophene rings is 1. The molecule has 3 heterocycles. The van der Waals surface area contributed by atoms with E-state index in [-0.39, 0.29) is 12.0 Å². The lowest BCUT2D eigenvalue weighted by molar-refractivity contribution is -0.000270. The fourth-order valence-electron chi connectivity index (χ4n) is 3.97. The average Bonchev–Trinajstić information content (AvgIpc) is 3.33. The van der Waals surface area contributed by atoms with Gasteiger partial charge in [-0.1, -0.05) is 30.3 Å². The molecule has 0 bridgehead atoms. The molecule has 160 valence electrons. The van der Waals surface area contributed by atoms with Gasteiger partial charge in [0.1, 0.15) is 13.2 Å². The lowest BCUT2D eigenvalue weighted by Gasteiger charge is -2.31. The van der Waals surface area contributed by atoms with Gasteiger partial charge in [0.25, 0.3) is 5.91 Å². The van der Waals surface area contributed by atoms with Gasteiger partial charge < -0.3 is 19.1 Å². The first-order valence-electron chi connectivity index (χ1n) is 10.7. The minimum atomic E-state index is 0.107. The Labute approximate surface area is 186 Å². The van der Waals surface area contributed by atoms with Crippen molar-refractivity contribution in [3.63, 3.8) is 0 Å². The summed E-state index contributed by atoms with van der Waals surface area (Å²) in [5.74, 6) is 1.65. The summed E-state index contributed by atoms with van der Waals surface area (Å²) in [5.41, 5.74) is 2.23. The second-order valence-corrected chi connectivity index (χ2v) is 8.89. The number of ether oxygens (including phenoxy) is 3. The normalized spacial score (nSPS) is 16.3. The van der Waals surface area contributed by atoms with Gasteiger partial charge in [-0.3, -0.25) is 4.79 Å². The summed E-state index contributed by atoms with van der Waals surface area (Å²) < 4.78 is 17.3. The molecule has 0 N–H and O–H groups in total. The topological polar surface area (TPSA) is 48.0 Å². The molecule has 2 aromatic carbocycles. The van der Waals surface area contributed by atoms with Crippen LogP contribution in [0.4, 0.5) is 0 Å². The highest BCUT2D eigenvalue weighted by Crippen LogP contribution is 2.37. The summed E-state index contributed by atoms with van der Waals surface area (Å²) >= 11 is 1.53. The number of carbonyl (C=O) groups excluding carboxylic acids is 1. The second-order valence-electron chi connectivity index (χ2n) is 7.81. The molecular formula is C25H25NO4S. The molecule has 6 heteroatoms. The van der Waals surface area contributed by atoms with E-state index in [1.807, 2.05) is 53.4 Å². The fourth-order valence-corrected chi connectivity index (χ4v) is 4.94. The number of hydrogen-bond acceptors (Lipinski definition) is 5. The van der Waals surface area contributed by atoms with Gasteiger partial charge in [0, 0.05) is 18.0 Å². The van der Waals surface area contributed by atoms with Gasteiger partial charge in [-0.15, -0.1) is 11.3 Å². The highest BCUT2D eigenvalue weighted by molar-refractivity contribution is 7.17. The molecule has 0 atom stereocenters. The number of fused-ring (bicyclic) bond motifs is 1. The zero-order valence-corrected chi connectivity index (χ0v) is 18.1. The van der Waals surface area contributed by atoms with Gasteiger partial charge >= 0.3 is 0 Å². The van der Waals surface area contributed by atoms with Gasteiger partial charge in [-0.25, -0.2) is 0 Å². The number of hydrogen-bond donors (Lipinski definition) is 0. The third kappa shape index (κ3) is 4.60. The number of likely N-dealkylation sites (tertiary alicyclic amines) is 1. The van der Waals surface area contributed by atoms with Gasteiger partial charge in [0.2, 0.25) is 0 Å². The Balaban J connectivity index is 1.18. The molecule has 31 heavy (non-hydrogen) atoms. The van der Waals surface area contributed by atoms with E-state index >= 15 is 0 Å². The Hall–Kier alpha value is -2.83. The van der Waals surface area contributed by atoms with Crippen LogP contribution in [0.3, 0.4) is 0 Å². The van der Waals surface area contributed by atoms with E-state index in [0.29, 0.717) is 19.8 Å². The zero-order valence-electron chi connectivity index (χ0n) is 17.3. The Morgan fingerprint density at radius 2 is 1.74 bits per heavy atom. The number of rotatable bonds is 5.